The van der Waals surface area contributed by atoms with E-state index in [2.05, 4.69) is 20.3 Å². The van der Waals surface area contributed by atoms with Crippen molar-refractivity contribution in [2.24, 2.45) is 5.73 Å². The highest BCUT2D eigenvalue weighted by atomic mass is 19.3. The lowest BCUT2D eigenvalue weighted by Crippen LogP contribution is -2.02. The topological polar surface area (TPSA) is 86.2 Å². The van der Waals surface area contributed by atoms with Gasteiger partial charge in [0.15, 0.2) is 0 Å². The first-order valence-corrected chi connectivity index (χ1v) is 5.51. The summed E-state index contributed by atoms with van der Waals surface area (Å²) in [5.74, 6) is 0.512. The van der Waals surface area contributed by atoms with Crippen LogP contribution in [0.5, 0.6) is 5.75 Å². The fraction of sp³-hybridized carbons (Fsp3) is 0.273. The van der Waals surface area contributed by atoms with Crippen LogP contribution in [0.4, 0.5) is 20.5 Å². The summed E-state index contributed by atoms with van der Waals surface area (Å²) in [7, 11) is 0. The lowest BCUT2D eigenvalue weighted by Gasteiger charge is -2.05. The van der Waals surface area contributed by atoms with Gasteiger partial charge in [0.05, 0.1) is 0 Å². The predicted octanol–water partition coefficient (Wildman–Crippen LogP) is 1.92. The van der Waals surface area contributed by atoms with Crippen molar-refractivity contribution in [3.8, 4) is 5.75 Å². The Kier molecular flexibility index (Phi) is 4.24. The molecule has 2 rings (SSSR count). The van der Waals surface area contributed by atoms with Gasteiger partial charge in [-0.05, 0) is 24.3 Å². The van der Waals surface area contributed by atoms with Crippen molar-refractivity contribution in [2.75, 3.05) is 11.9 Å². The zero-order valence-corrected chi connectivity index (χ0v) is 9.85. The standard InChI is InChI=1S/C11H12F2N4O2/c12-10(13)18-8-3-1-7(2-4-8)15-11-17-16-9(19-11)5-6-14/h1-4,10H,5-6,14H2,(H,15,17). The zero-order valence-electron chi connectivity index (χ0n) is 9.85. The Morgan fingerprint density at radius 1 is 1.26 bits per heavy atom. The van der Waals surface area contributed by atoms with Crippen molar-refractivity contribution in [3.63, 3.8) is 0 Å². The molecule has 0 saturated carbocycles. The summed E-state index contributed by atoms with van der Waals surface area (Å²) in [6, 6.07) is 6.15. The second-order valence-corrected chi connectivity index (χ2v) is 3.57. The zero-order chi connectivity index (χ0) is 13.7. The number of aromatic nitrogens is 2. The largest absolute Gasteiger partial charge is 0.435 e. The molecule has 1 heterocycles. The molecule has 0 amide bonds. The predicted molar refractivity (Wildman–Crippen MR) is 63.4 cm³/mol. The molecular formula is C11H12F2N4O2. The monoisotopic (exact) mass is 270 g/mol. The van der Waals surface area contributed by atoms with Crippen molar-refractivity contribution >= 4 is 11.7 Å². The highest BCUT2D eigenvalue weighted by Crippen LogP contribution is 2.20. The molecule has 8 heteroatoms. The molecule has 2 aromatic rings. The van der Waals surface area contributed by atoms with Crippen LogP contribution in [0.1, 0.15) is 5.89 Å². The molecule has 102 valence electrons. The Balaban J connectivity index is 1.98. The van der Waals surface area contributed by atoms with Gasteiger partial charge in [-0.25, -0.2) is 0 Å². The minimum atomic E-state index is -2.84. The highest BCUT2D eigenvalue weighted by Gasteiger charge is 2.07. The second kappa shape index (κ2) is 6.10. The average molecular weight is 270 g/mol. The Bertz CT molecular complexity index is 516. The number of anilines is 2. The normalized spacial score (nSPS) is 10.7. The molecule has 0 spiro atoms. The maximum absolute atomic E-state index is 12.0. The molecule has 0 saturated heterocycles. The van der Waals surface area contributed by atoms with Crippen LogP contribution >= 0.6 is 0 Å². The molecular weight excluding hydrogens is 258 g/mol. The van der Waals surface area contributed by atoms with E-state index in [9.17, 15) is 8.78 Å². The van der Waals surface area contributed by atoms with Gasteiger partial charge in [-0.3, -0.25) is 0 Å². The molecule has 6 nitrogen and oxygen atoms in total. The minimum absolute atomic E-state index is 0.0786. The van der Waals surface area contributed by atoms with Gasteiger partial charge in [-0.15, -0.1) is 5.10 Å². The van der Waals surface area contributed by atoms with Gasteiger partial charge < -0.3 is 20.2 Å². The molecule has 1 aromatic carbocycles. The molecule has 0 atom stereocenters. The second-order valence-electron chi connectivity index (χ2n) is 3.57. The van der Waals surface area contributed by atoms with E-state index < -0.39 is 6.61 Å². The maximum atomic E-state index is 12.0. The Morgan fingerprint density at radius 3 is 2.63 bits per heavy atom. The molecule has 0 unspecified atom stereocenters. The number of benzene rings is 1. The molecule has 19 heavy (non-hydrogen) atoms. The van der Waals surface area contributed by atoms with Gasteiger partial charge in [0.25, 0.3) is 0 Å². The third kappa shape index (κ3) is 3.88. The Hall–Kier alpha value is -2.22. The smallest absolute Gasteiger partial charge is 0.387 e. The number of alkyl halides is 2. The van der Waals surface area contributed by atoms with Gasteiger partial charge >= 0.3 is 12.6 Å². The van der Waals surface area contributed by atoms with E-state index in [1.165, 1.54) is 12.1 Å². The highest BCUT2D eigenvalue weighted by molar-refractivity contribution is 5.53. The number of hydrogen-bond donors (Lipinski definition) is 2. The van der Waals surface area contributed by atoms with Crippen LogP contribution in [-0.4, -0.2) is 23.4 Å². The summed E-state index contributed by atoms with van der Waals surface area (Å²) in [6.07, 6.45) is 0.496. The van der Waals surface area contributed by atoms with Crippen molar-refractivity contribution in [3.05, 3.63) is 30.2 Å². The first-order valence-electron chi connectivity index (χ1n) is 5.51. The molecule has 0 bridgehead atoms. The lowest BCUT2D eigenvalue weighted by molar-refractivity contribution is -0.0498. The average Bonchev–Trinajstić information content (AvgIpc) is 2.79. The van der Waals surface area contributed by atoms with E-state index in [1.807, 2.05) is 0 Å². The molecule has 0 fully saturated rings. The number of rotatable bonds is 6. The van der Waals surface area contributed by atoms with Crippen LogP contribution in [0, 0.1) is 0 Å². The van der Waals surface area contributed by atoms with Crippen LogP contribution in [0.15, 0.2) is 28.7 Å². The molecule has 0 aliphatic heterocycles. The summed E-state index contributed by atoms with van der Waals surface area (Å²) in [4.78, 5) is 0. The van der Waals surface area contributed by atoms with Gasteiger partial charge in [-0.2, -0.15) is 8.78 Å². The van der Waals surface area contributed by atoms with Gasteiger partial charge in [0.1, 0.15) is 5.75 Å². The number of halogens is 2. The van der Waals surface area contributed by atoms with Crippen molar-refractivity contribution in [2.45, 2.75) is 13.0 Å². The van der Waals surface area contributed by atoms with Gasteiger partial charge in [0.2, 0.25) is 5.89 Å². The fourth-order valence-corrected chi connectivity index (χ4v) is 1.37. The van der Waals surface area contributed by atoms with E-state index in [-0.39, 0.29) is 11.8 Å². The summed E-state index contributed by atoms with van der Waals surface area (Å²) in [5, 5.41) is 10.4. The van der Waals surface area contributed by atoms with Crippen LogP contribution in [0.2, 0.25) is 0 Å². The van der Waals surface area contributed by atoms with Crippen LogP contribution in [0.3, 0.4) is 0 Å². The Morgan fingerprint density at radius 2 is 2.00 bits per heavy atom. The van der Waals surface area contributed by atoms with Crippen molar-refractivity contribution < 1.29 is 17.9 Å². The van der Waals surface area contributed by atoms with E-state index >= 15 is 0 Å². The van der Waals surface area contributed by atoms with Crippen LogP contribution in [-0.2, 0) is 6.42 Å². The number of nitrogens with zero attached hydrogens (tertiary/aromatic N) is 2. The van der Waals surface area contributed by atoms with E-state index in [1.54, 1.807) is 12.1 Å². The first-order chi connectivity index (χ1) is 9.17. The number of nitrogens with two attached hydrogens (primary N) is 1. The first kappa shape index (κ1) is 13.2. The van der Waals surface area contributed by atoms with E-state index in [4.69, 9.17) is 10.2 Å². The molecule has 0 radical (unpaired) electrons. The SMILES string of the molecule is NCCc1nnc(Nc2ccc(OC(F)F)cc2)o1. The lowest BCUT2D eigenvalue weighted by atomic mass is 10.3. The maximum Gasteiger partial charge on any atom is 0.387 e. The fourth-order valence-electron chi connectivity index (χ4n) is 1.37. The molecule has 0 aliphatic rings. The quantitative estimate of drug-likeness (QED) is 0.834. The van der Waals surface area contributed by atoms with Crippen LogP contribution in [0.25, 0.3) is 0 Å². The third-order valence-electron chi connectivity index (χ3n) is 2.16. The van der Waals surface area contributed by atoms with Crippen LogP contribution < -0.4 is 15.8 Å². The van der Waals surface area contributed by atoms with Crippen molar-refractivity contribution in [1.29, 1.82) is 0 Å². The summed E-state index contributed by atoms with van der Waals surface area (Å²) < 4.78 is 33.4. The van der Waals surface area contributed by atoms with E-state index in [0.29, 0.717) is 24.5 Å². The molecule has 3 N–H and O–H groups in total. The number of nitrogens with one attached hydrogen (secondary N) is 1. The number of hydrogen-bond acceptors (Lipinski definition) is 6. The molecule has 1 aromatic heterocycles. The molecule has 0 aliphatic carbocycles. The summed E-state index contributed by atoms with van der Waals surface area (Å²) in [5.41, 5.74) is 5.97. The Labute approximate surface area is 107 Å². The van der Waals surface area contributed by atoms with Gasteiger partial charge in [0, 0.05) is 18.7 Å². The van der Waals surface area contributed by atoms with Crippen molar-refractivity contribution in [1.82, 2.24) is 10.2 Å². The van der Waals surface area contributed by atoms with E-state index in [0.717, 1.165) is 0 Å². The van der Waals surface area contributed by atoms with Gasteiger partial charge in [-0.1, -0.05) is 5.10 Å². The third-order valence-corrected chi connectivity index (χ3v) is 2.16. The minimum Gasteiger partial charge on any atom is -0.435 e. The number of ether oxygens (including phenoxy) is 1. The summed E-state index contributed by atoms with van der Waals surface area (Å²) in [6.45, 7) is -2.42. The summed E-state index contributed by atoms with van der Waals surface area (Å²) >= 11 is 0.